The average Bonchev–Trinajstić information content (AvgIpc) is 2.55. The molecule has 0 spiro atoms. The Hall–Kier alpha value is -1.25. The lowest BCUT2D eigenvalue weighted by Gasteiger charge is -2.46. The Labute approximate surface area is 134 Å². The van der Waals surface area contributed by atoms with Gasteiger partial charge in [-0.15, -0.1) is 0 Å². The van der Waals surface area contributed by atoms with Crippen LogP contribution in [0.4, 0.5) is 10.1 Å². The van der Waals surface area contributed by atoms with Crippen LogP contribution in [-0.2, 0) is 14.2 Å². The maximum atomic E-state index is 13.7. The number of nitrogens with one attached hydrogen (secondary N) is 1. The van der Waals surface area contributed by atoms with Gasteiger partial charge >= 0.3 is 0 Å². The van der Waals surface area contributed by atoms with Crippen molar-refractivity contribution in [3.63, 3.8) is 0 Å². The van der Waals surface area contributed by atoms with Crippen molar-refractivity contribution in [2.45, 2.75) is 56.7 Å². The van der Waals surface area contributed by atoms with E-state index in [0.717, 1.165) is 6.42 Å². The molecule has 0 aromatic heterocycles. The van der Waals surface area contributed by atoms with Crippen molar-refractivity contribution >= 4 is 5.69 Å². The lowest BCUT2D eigenvalue weighted by atomic mass is 9.97. The topological polar surface area (TPSA) is 80.2 Å². The molecule has 2 fully saturated rings. The molecule has 2 saturated heterocycles. The second kappa shape index (κ2) is 7.11. The number of aliphatic hydroxyl groups excluding tert-OH is 2. The Morgan fingerprint density at radius 2 is 2.00 bits per heavy atom. The third-order valence-electron chi connectivity index (χ3n) is 4.14. The molecule has 0 saturated carbocycles. The number of rotatable bonds is 4. The first-order chi connectivity index (χ1) is 11.1. The first-order valence-corrected chi connectivity index (χ1v) is 7.90. The van der Waals surface area contributed by atoms with E-state index in [1.165, 1.54) is 12.1 Å². The molecule has 2 heterocycles. The summed E-state index contributed by atoms with van der Waals surface area (Å²) in [4.78, 5) is 0. The number of anilines is 1. The van der Waals surface area contributed by atoms with E-state index in [4.69, 9.17) is 14.2 Å². The van der Waals surface area contributed by atoms with Crippen LogP contribution in [0.25, 0.3) is 0 Å². The average molecular weight is 327 g/mol. The molecular weight excluding hydrogens is 305 g/mol. The molecule has 0 aliphatic carbocycles. The van der Waals surface area contributed by atoms with Crippen molar-refractivity contribution in [3.8, 4) is 0 Å². The summed E-state index contributed by atoms with van der Waals surface area (Å²) in [6.07, 6.45) is -3.31. The maximum absolute atomic E-state index is 13.7. The number of halogens is 1. The van der Waals surface area contributed by atoms with E-state index >= 15 is 0 Å². The quantitative estimate of drug-likeness (QED) is 0.772. The predicted octanol–water partition coefficient (Wildman–Crippen LogP) is 1.23. The van der Waals surface area contributed by atoms with Crippen LogP contribution in [0.1, 0.15) is 19.8 Å². The first-order valence-electron chi connectivity index (χ1n) is 7.90. The molecule has 3 rings (SSSR count). The highest BCUT2D eigenvalue weighted by molar-refractivity contribution is 5.45. The second-order valence-electron chi connectivity index (χ2n) is 5.85. The zero-order chi connectivity index (χ0) is 16.4. The van der Waals surface area contributed by atoms with Gasteiger partial charge in [-0.2, -0.15) is 0 Å². The first kappa shape index (κ1) is 16.6. The number of ether oxygens (including phenoxy) is 3. The van der Waals surface area contributed by atoms with Gasteiger partial charge in [0.15, 0.2) is 12.5 Å². The second-order valence-corrected chi connectivity index (χ2v) is 5.85. The minimum Gasteiger partial charge on any atom is -0.387 e. The van der Waals surface area contributed by atoms with Crippen molar-refractivity contribution in [1.29, 1.82) is 0 Å². The van der Waals surface area contributed by atoms with Crippen molar-refractivity contribution in [2.75, 3.05) is 11.9 Å². The minimum atomic E-state index is -1.24. The summed E-state index contributed by atoms with van der Waals surface area (Å²) in [5, 5.41) is 23.4. The van der Waals surface area contributed by atoms with Crippen molar-refractivity contribution in [3.05, 3.63) is 30.1 Å². The number of hydrogen-bond acceptors (Lipinski definition) is 6. The molecule has 2 aliphatic heterocycles. The summed E-state index contributed by atoms with van der Waals surface area (Å²) < 4.78 is 30.7. The molecule has 23 heavy (non-hydrogen) atoms. The Morgan fingerprint density at radius 3 is 2.74 bits per heavy atom. The number of para-hydroxylation sites is 1. The van der Waals surface area contributed by atoms with E-state index in [9.17, 15) is 14.6 Å². The predicted molar refractivity (Wildman–Crippen MR) is 80.2 cm³/mol. The lowest BCUT2D eigenvalue weighted by molar-refractivity contribution is -0.322. The molecule has 3 N–H and O–H groups in total. The van der Waals surface area contributed by atoms with Crippen LogP contribution in [0.15, 0.2) is 24.3 Å². The maximum Gasteiger partial charge on any atom is 0.158 e. The molecule has 6 atom stereocenters. The highest BCUT2D eigenvalue weighted by Crippen LogP contribution is 2.30. The number of hydrogen-bond donors (Lipinski definition) is 3. The molecule has 1 aromatic carbocycles. The van der Waals surface area contributed by atoms with E-state index in [-0.39, 0.29) is 12.3 Å². The van der Waals surface area contributed by atoms with E-state index in [1.807, 2.05) is 6.92 Å². The van der Waals surface area contributed by atoms with Crippen molar-refractivity contribution in [1.82, 2.24) is 0 Å². The van der Waals surface area contributed by atoms with Crippen molar-refractivity contribution < 1.29 is 28.8 Å². The van der Waals surface area contributed by atoms with Gasteiger partial charge in [-0.1, -0.05) is 25.5 Å². The van der Waals surface area contributed by atoms with Gasteiger partial charge in [0.25, 0.3) is 0 Å². The van der Waals surface area contributed by atoms with Gasteiger partial charge in [-0.05, 0) is 18.6 Å². The summed E-state index contributed by atoms with van der Waals surface area (Å²) in [5.41, 5.74) is 0.198. The Kier molecular flexibility index (Phi) is 5.13. The Morgan fingerprint density at radius 1 is 1.22 bits per heavy atom. The number of benzene rings is 1. The number of aliphatic hydroxyl groups is 2. The summed E-state index contributed by atoms with van der Waals surface area (Å²) in [6.45, 7) is 2.27. The minimum absolute atomic E-state index is 0.198. The van der Waals surface area contributed by atoms with Crippen LogP contribution in [0.5, 0.6) is 0 Å². The van der Waals surface area contributed by atoms with Crippen LogP contribution < -0.4 is 5.32 Å². The number of fused-ring (bicyclic) bond motifs is 1. The van der Waals surface area contributed by atoms with Gasteiger partial charge in [0.05, 0.1) is 12.3 Å². The normalized spacial score (nSPS) is 37.2. The van der Waals surface area contributed by atoms with Crippen LogP contribution in [-0.4, -0.2) is 53.8 Å². The molecule has 128 valence electrons. The molecular formula is C16H22FNO5. The molecule has 1 unspecified atom stereocenters. The molecule has 0 bridgehead atoms. The van der Waals surface area contributed by atoms with Gasteiger partial charge in [-0.3, -0.25) is 0 Å². The largest absolute Gasteiger partial charge is 0.387 e. The van der Waals surface area contributed by atoms with Crippen LogP contribution in [0.2, 0.25) is 0 Å². The summed E-state index contributed by atoms with van der Waals surface area (Å²) >= 11 is 0. The van der Waals surface area contributed by atoms with Gasteiger partial charge in [0.1, 0.15) is 30.2 Å². The molecule has 7 heteroatoms. The van der Waals surface area contributed by atoms with Crippen LogP contribution in [0, 0.1) is 5.82 Å². The fourth-order valence-electron chi connectivity index (χ4n) is 2.90. The summed E-state index contributed by atoms with van der Waals surface area (Å²) in [5.74, 6) is -0.459. The molecule has 0 amide bonds. The zero-order valence-electron chi connectivity index (χ0n) is 12.9. The van der Waals surface area contributed by atoms with Crippen LogP contribution >= 0.6 is 0 Å². The highest BCUT2D eigenvalue weighted by Gasteiger charge is 2.48. The summed E-state index contributed by atoms with van der Waals surface area (Å²) in [7, 11) is 0. The van der Waals surface area contributed by atoms with E-state index in [0.29, 0.717) is 6.42 Å². The smallest absolute Gasteiger partial charge is 0.158 e. The Bertz CT molecular complexity index is 529. The molecule has 0 radical (unpaired) electrons. The van der Waals surface area contributed by atoms with Crippen molar-refractivity contribution in [2.24, 2.45) is 0 Å². The zero-order valence-corrected chi connectivity index (χ0v) is 12.9. The monoisotopic (exact) mass is 327 g/mol. The molecule has 1 aromatic rings. The highest BCUT2D eigenvalue weighted by atomic mass is 19.1. The van der Waals surface area contributed by atoms with Gasteiger partial charge < -0.3 is 29.7 Å². The molecule has 2 aliphatic rings. The molecule has 6 nitrogen and oxygen atoms in total. The lowest BCUT2D eigenvalue weighted by Crippen LogP contribution is -2.64. The standard InChI is InChI=1S/C16H22FNO5/c1-2-5-12-21-8-11-15(23-12)13(19)14(20)16(22-11)18-10-7-4-3-6-9(10)17/h3-4,6-7,11-16,18-20H,2,5,8H2,1H3/t11-,12?,13-,14-,15-,16-/m1/s1. The fourth-order valence-corrected chi connectivity index (χ4v) is 2.90. The SMILES string of the molecule is CCCC1OC[C@H]2O[C@@H](Nc3ccccc3F)[C@H](O)[C@@H](O)[C@@H]2O1. The van der Waals surface area contributed by atoms with E-state index in [2.05, 4.69) is 5.32 Å². The third kappa shape index (κ3) is 3.49. The van der Waals surface area contributed by atoms with Gasteiger partial charge in [0.2, 0.25) is 0 Å². The van der Waals surface area contributed by atoms with Gasteiger partial charge in [-0.25, -0.2) is 4.39 Å². The van der Waals surface area contributed by atoms with E-state index in [1.54, 1.807) is 12.1 Å². The van der Waals surface area contributed by atoms with Crippen LogP contribution in [0.3, 0.4) is 0 Å². The van der Waals surface area contributed by atoms with E-state index < -0.39 is 42.8 Å². The Balaban J connectivity index is 1.69. The summed E-state index contributed by atoms with van der Waals surface area (Å²) in [6, 6.07) is 6.08. The third-order valence-corrected chi connectivity index (χ3v) is 4.14. The fraction of sp³-hybridized carbons (Fsp3) is 0.625. The van der Waals surface area contributed by atoms with Gasteiger partial charge in [0, 0.05) is 0 Å².